The minimum absolute atomic E-state index is 0.0586. The topological polar surface area (TPSA) is 44.7 Å². The number of anilines is 1. The first-order valence-corrected chi connectivity index (χ1v) is 11.5. The molecule has 1 aliphatic heterocycles. The van der Waals surface area contributed by atoms with Gasteiger partial charge in [-0.3, -0.25) is 9.79 Å². The molecule has 2 aliphatic rings. The van der Waals surface area contributed by atoms with Crippen molar-refractivity contribution in [2.75, 3.05) is 17.6 Å². The van der Waals surface area contributed by atoms with Crippen LogP contribution in [-0.4, -0.2) is 40.4 Å². The minimum atomic E-state index is 0.0586. The maximum absolute atomic E-state index is 12.5. The number of aliphatic imine (C=N–C) groups is 1. The predicted octanol–water partition coefficient (Wildman–Crippen LogP) is 5.57. The number of carbonyl (C=O) groups excluding carboxylic acids is 1. The Morgan fingerprint density at radius 3 is 2.70 bits per heavy atom. The summed E-state index contributed by atoms with van der Waals surface area (Å²) in [7, 11) is 0. The van der Waals surface area contributed by atoms with E-state index in [4.69, 9.17) is 16.6 Å². The van der Waals surface area contributed by atoms with E-state index in [2.05, 4.69) is 17.1 Å². The van der Waals surface area contributed by atoms with Crippen LogP contribution in [0.15, 0.2) is 29.3 Å². The number of rotatable bonds is 7. The Morgan fingerprint density at radius 1 is 1.26 bits per heavy atom. The third kappa shape index (κ3) is 6.15. The number of amides is 1. The molecule has 1 aliphatic carbocycles. The second kappa shape index (κ2) is 10.4. The number of amidine groups is 1. The highest BCUT2D eigenvalue weighted by Crippen LogP contribution is 2.30. The van der Waals surface area contributed by atoms with Crippen LogP contribution in [0.5, 0.6) is 0 Å². The molecule has 1 heterocycles. The van der Waals surface area contributed by atoms with Crippen molar-refractivity contribution in [1.29, 1.82) is 0 Å². The van der Waals surface area contributed by atoms with E-state index in [9.17, 15) is 4.79 Å². The standard InChI is InChI=1S/C21H30ClN3OS/c1-2-3-13-25-19(14-20(26)23-18-11-9-16(22)10-12-18)15-27-21(25)24-17-7-5-4-6-8-17/h9-12,17,19H,2-8,13-15H2,1H3,(H,23,26). The van der Waals surface area contributed by atoms with E-state index in [1.165, 1.54) is 37.3 Å². The van der Waals surface area contributed by atoms with Gasteiger partial charge in [0.1, 0.15) is 0 Å². The third-order valence-corrected chi connectivity index (χ3v) is 6.66. The second-order valence-electron chi connectivity index (χ2n) is 7.47. The lowest BCUT2D eigenvalue weighted by molar-refractivity contribution is -0.116. The molecule has 1 saturated heterocycles. The minimum Gasteiger partial charge on any atom is -0.347 e. The van der Waals surface area contributed by atoms with Gasteiger partial charge >= 0.3 is 0 Å². The highest BCUT2D eigenvalue weighted by molar-refractivity contribution is 8.14. The molecule has 2 fully saturated rings. The van der Waals surface area contributed by atoms with Gasteiger partial charge in [-0.1, -0.05) is 56.0 Å². The van der Waals surface area contributed by atoms with Gasteiger partial charge in [-0.2, -0.15) is 0 Å². The summed E-state index contributed by atoms with van der Waals surface area (Å²) in [6, 6.07) is 7.99. The molecule has 148 valence electrons. The normalized spacial score (nSPS) is 22.4. The van der Waals surface area contributed by atoms with E-state index >= 15 is 0 Å². The largest absolute Gasteiger partial charge is 0.347 e. The molecule has 1 aromatic carbocycles. The predicted molar refractivity (Wildman–Crippen MR) is 117 cm³/mol. The molecule has 6 heteroatoms. The first kappa shape index (κ1) is 20.5. The van der Waals surface area contributed by atoms with Crippen molar-refractivity contribution < 1.29 is 4.79 Å². The van der Waals surface area contributed by atoms with Crippen LogP contribution in [0.4, 0.5) is 5.69 Å². The maximum atomic E-state index is 12.5. The highest BCUT2D eigenvalue weighted by atomic mass is 35.5. The van der Waals surface area contributed by atoms with Crippen LogP contribution in [0.1, 0.15) is 58.3 Å². The van der Waals surface area contributed by atoms with Crippen LogP contribution in [0.3, 0.4) is 0 Å². The van der Waals surface area contributed by atoms with Gasteiger partial charge < -0.3 is 10.2 Å². The Labute approximate surface area is 172 Å². The Morgan fingerprint density at radius 2 is 2.00 bits per heavy atom. The smallest absolute Gasteiger partial charge is 0.226 e. The van der Waals surface area contributed by atoms with Gasteiger partial charge in [-0.25, -0.2) is 0 Å². The fourth-order valence-electron chi connectivity index (χ4n) is 3.71. The van der Waals surface area contributed by atoms with Crippen molar-refractivity contribution >= 4 is 40.1 Å². The molecule has 0 aromatic heterocycles. The lowest BCUT2D eigenvalue weighted by atomic mass is 9.96. The van der Waals surface area contributed by atoms with E-state index in [0.29, 0.717) is 17.5 Å². The number of halogens is 1. The second-order valence-corrected chi connectivity index (χ2v) is 8.90. The monoisotopic (exact) mass is 407 g/mol. The lowest BCUT2D eigenvalue weighted by Gasteiger charge is -2.27. The molecule has 1 amide bonds. The molecule has 3 rings (SSSR count). The fourth-order valence-corrected chi connectivity index (χ4v) is 5.11. The number of nitrogens with one attached hydrogen (secondary N) is 1. The Balaban J connectivity index is 1.61. The summed E-state index contributed by atoms with van der Waals surface area (Å²) in [5.41, 5.74) is 0.797. The summed E-state index contributed by atoms with van der Waals surface area (Å²) in [4.78, 5) is 20.0. The van der Waals surface area contributed by atoms with Gasteiger partial charge in [-0.15, -0.1) is 0 Å². The number of nitrogens with zero attached hydrogens (tertiary/aromatic N) is 2. The van der Waals surface area contributed by atoms with E-state index < -0.39 is 0 Å². The molecule has 1 atom stereocenters. The first-order valence-electron chi connectivity index (χ1n) is 10.2. The SMILES string of the molecule is CCCCN1C(=NC2CCCCC2)SCC1CC(=O)Nc1ccc(Cl)cc1. The zero-order valence-electron chi connectivity index (χ0n) is 16.1. The molecule has 1 saturated carbocycles. The van der Waals surface area contributed by atoms with Gasteiger partial charge in [0, 0.05) is 35.5 Å². The van der Waals surface area contributed by atoms with E-state index in [1.54, 1.807) is 12.1 Å². The van der Waals surface area contributed by atoms with Gasteiger partial charge in [0.2, 0.25) is 5.91 Å². The van der Waals surface area contributed by atoms with E-state index in [1.807, 2.05) is 23.9 Å². The van der Waals surface area contributed by atoms with Crippen molar-refractivity contribution in [3.63, 3.8) is 0 Å². The molecule has 1 aromatic rings. The summed E-state index contributed by atoms with van der Waals surface area (Å²) in [5.74, 6) is 1.01. The van der Waals surface area contributed by atoms with Crippen molar-refractivity contribution in [1.82, 2.24) is 4.90 Å². The summed E-state index contributed by atoms with van der Waals surface area (Å²) >= 11 is 7.75. The van der Waals surface area contributed by atoms with Gasteiger partial charge in [-0.05, 0) is 43.5 Å². The Bertz CT molecular complexity index is 643. The zero-order chi connectivity index (χ0) is 19.1. The summed E-state index contributed by atoms with van der Waals surface area (Å²) in [6.45, 7) is 3.21. The van der Waals surface area contributed by atoms with Crippen LogP contribution in [0, 0.1) is 0 Å². The molecule has 1 unspecified atom stereocenters. The van der Waals surface area contributed by atoms with Crippen molar-refractivity contribution in [3.8, 4) is 0 Å². The van der Waals surface area contributed by atoms with Gasteiger partial charge in [0.25, 0.3) is 0 Å². The van der Waals surface area contributed by atoms with Crippen LogP contribution in [0.2, 0.25) is 5.02 Å². The van der Waals surface area contributed by atoms with E-state index in [-0.39, 0.29) is 11.9 Å². The molecule has 0 bridgehead atoms. The molecular formula is C21H30ClN3OS. The summed E-state index contributed by atoms with van der Waals surface area (Å²) < 4.78 is 0. The Hall–Kier alpha value is -1.20. The average Bonchev–Trinajstić information content (AvgIpc) is 3.03. The average molecular weight is 408 g/mol. The zero-order valence-corrected chi connectivity index (χ0v) is 17.7. The molecule has 27 heavy (non-hydrogen) atoms. The molecule has 0 radical (unpaired) electrons. The third-order valence-electron chi connectivity index (χ3n) is 5.26. The Kier molecular flexibility index (Phi) is 7.89. The summed E-state index contributed by atoms with van der Waals surface area (Å²) in [6.07, 6.45) is 9.18. The molecule has 1 N–H and O–H groups in total. The fraction of sp³-hybridized carbons (Fsp3) is 0.619. The van der Waals surface area contributed by atoms with Crippen LogP contribution in [0.25, 0.3) is 0 Å². The number of carbonyl (C=O) groups is 1. The number of hydrogen-bond acceptors (Lipinski definition) is 3. The number of benzene rings is 1. The number of hydrogen-bond donors (Lipinski definition) is 1. The summed E-state index contributed by atoms with van der Waals surface area (Å²) in [5, 5.41) is 4.84. The number of unbranched alkanes of at least 4 members (excludes halogenated alkanes) is 1. The molecular weight excluding hydrogens is 378 g/mol. The van der Waals surface area contributed by atoms with E-state index in [0.717, 1.165) is 30.8 Å². The van der Waals surface area contributed by atoms with Crippen LogP contribution in [-0.2, 0) is 4.79 Å². The van der Waals surface area contributed by atoms with Crippen molar-refractivity contribution in [2.24, 2.45) is 4.99 Å². The van der Waals surface area contributed by atoms with Crippen molar-refractivity contribution in [2.45, 2.75) is 70.4 Å². The van der Waals surface area contributed by atoms with Crippen LogP contribution >= 0.6 is 23.4 Å². The quantitative estimate of drug-likeness (QED) is 0.642. The van der Waals surface area contributed by atoms with Gasteiger partial charge in [0.15, 0.2) is 5.17 Å². The molecule has 0 spiro atoms. The lowest BCUT2D eigenvalue weighted by Crippen LogP contribution is -2.38. The number of thioether (sulfide) groups is 1. The maximum Gasteiger partial charge on any atom is 0.226 e. The molecule has 4 nitrogen and oxygen atoms in total. The van der Waals surface area contributed by atoms with Crippen molar-refractivity contribution in [3.05, 3.63) is 29.3 Å². The van der Waals surface area contributed by atoms with Gasteiger partial charge in [0.05, 0.1) is 6.04 Å². The van der Waals surface area contributed by atoms with Crippen LogP contribution < -0.4 is 5.32 Å². The first-order chi connectivity index (χ1) is 13.2. The highest BCUT2D eigenvalue weighted by Gasteiger charge is 2.32.